The second-order valence-corrected chi connectivity index (χ2v) is 10.5. The Bertz CT molecular complexity index is 1380. The van der Waals surface area contributed by atoms with E-state index in [0.717, 1.165) is 31.2 Å². The van der Waals surface area contributed by atoms with Gasteiger partial charge in [0, 0.05) is 48.6 Å². The number of halogens is 2. The minimum Gasteiger partial charge on any atom is -0.495 e. The topological polar surface area (TPSA) is 138 Å². The van der Waals surface area contributed by atoms with Gasteiger partial charge in [-0.25, -0.2) is 9.78 Å². The van der Waals surface area contributed by atoms with E-state index in [0.29, 0.717) is 28.8 Å². The number of hydrogen-bond acceptors (Lipinski definition) is 8. The van der Waals surface area contributed by atoms with Gasteiger partial charge in [-0.05, 0) is 12.8 Å². The molecule has 0 unspecified atom stereocenters. The van der Waals surface area contributed by atoms with Crippen molar-refractivity contribution in [3.05, 3.63) is 45.8 Å². The van der Waals surface area contributed by atoms with Gasteiger partial charge in [-0.2, -0.15) is 10.1 Å². The number of ether oxygens (including phenoxy) is 2. The highest BCUT2D eigenvalue weighted by Crippen LogP contribution is 2.48. The van der Waals surface area contributed by atoms with Crippen LogP contribution in [-0.2, 0) is 17.9 Å². The zero-order valence-corrected chi connectivity index (χ0v) is 23.8. The number of hydrogen-bond donors (Lipinski definition) is 3. The maximum absolute atomic E-state index is 14.1. The number of methoxy groups -OCH3 is 2. The summed E-state index contributed by atoms with van der Waals surface area (Å²) >= 11 is 13.4. The molecule has 2 aromatic heterocycles. The molecule has 0 spiro atoms. The number of carbonyl (C=O) groups excluding carboxylic acids is 2. The number of fused-ring (bicyclic) bond motifs is 1. The molecule has 1 aliphatic heterocycles. The van der Waals surface area contributed by atoms with Crippen molar-refractivity contribution in [1.29, 1.82) is 0 Å². The molecule has 1 aromatic carbocycles. The van der Waals surface area contributed by atoms with Crippen LogP contribution >= 0.6 is 23.2 Å². The van der Waals surface area contributed by atoms with E-state index in [1.807, 2.05) is 0 Å². The number of H-pyrrole nitrogens is 1. The predicted octanol–water partition coefficient (Wildman–Crippen LogP) is 4.53. The first-order valence-corrected chi connectivity index (χ1v) is 13.6. The van der Waals surface area contributed by atoms with Crippen LogP contribution < -0.4 is 29.9 Å². The number of anilines is 3. The van der Waals surface area contributed by atoms with Crippen molar-refractivity contribution in [2.45, 2.75) is 57.8 Å². The number of urea groups is 1. The summed E-state index contributed by atoms with van der Waals surface area (Å²) in [6, 6.07) is 1.11. The van der Waals surface area contributed by atoms with Crippen molar-refractivity contribution in [3.8, 4) is 11.5 Å². The number of aromatic amines is 1. The summed E-state index contributed by atoms with van der Waals surface area (Å²) in [6.07, 6.45) is 8.84. The normalized spacial score (nSPS) is 18.8. The predicted molar refractivity (Wildman–Crippen MR) is 151 cm³/mol. The molecule has 14 heteroatoms. The smallest absolute Gasteiger partial charge is 0.330 e. The second kappa shape index (κ2) is 11.8. The average Bonchev–Trinajstić information content (AvgIpc) is 3.45. The summed E-state index contributed by atoms with van der Waals surface area (Å²) in [5.74, 6) is 1.38. The molecule has 3 amide bonds. The van der Waals surface area contributed by atoms with E-state index in [1.54, 1.807) is 24.7 Å². The van der Waals surface area contributed by atoms with Gasteiger partial charge in [0.05, 0.1) is 39.2 Å². The summed E-state index contributed by atoms with van der Waals surface area (Å²) in [4.78, 5) is 38.2. The lowest BCUT2D eigenvalue weighted by atomic mass is 9.90. The fraction of sp³-hybridized carbons (Fsp3) is 0.423. The van der Waals surface area contributed by atoms with Crippen LogP contribution in [0.5, 0.6) is 11.5 Å². The van der Waals surface area contributed by atoms with Crippen LogP contribution in [0.15, 0.2) is 24.7 Å². The Morgan fingerprint density at radius 2 is 1.82 bits per heavy atom. The molecule has 2 atom stereocenters. The summed E-state index contributed by atoms with van der Waals surface area (Å²) < 4.78 is 10.8. The number of nitrogens with zero attached hydrogens (tertiary/aromatic N) is 5. The Hall–Kier alpha value is -3.77. The molecule has 40 heavy (non-hydrogen) atoms. The molecule has 212 valence electrons. The largest absolute Gasteiger partial charge is 0.495 e. The van der Waals surface area contributed by atoms with E-state index in [2.05, 4.69) is 25.8 Å². The molecular weight excluding hydrogens is 559 g/mol. The molecule has 0 saturated heterocycles. The van der Waals surface area contributed by atoms with Crippen LogP contribution in [-0.4, -0.2) is 58.4 Å². The number of nitrogens with one attached hydrogen (secondary N) is 3. The third-order valence-electron chi connectivity index (χ3n) is 7.07. The third-order valence-corrected chi connectivity index (χ3v) is 7.80. The fourth-order valence-corrected chi connectivity index (χ4v) is 5.87. The Morgan fingerprint density at radius 1 is 1.12 bits per heavy atom. The quantitative estimate of drug-likeness (QED) is 0.349. The van der Waals surface area contributed by atoms with Crippen LogP contribution in [0.2, 0.25) is 10.0 Å². The second-order valence-electron chi connectivity index (χ2n) is 9.70. The maximum atomic E-state index is 14.1. The monoisotopic (exact) mass is 588 g/mol. The molecule has 5 rings (SSSR count). The lowest BCUT2D eigenvalue weighted by Gasteiger charge is -2.37. The highest BCUT2D eigenvalue weighted by atomic mass is 35.5. The highest BCUT2D eigenvalue weighted by molar-refractivity contribution is 6.42. The molecule has 3 heterocycles. The minimum atomic E-state index is -0.397. The minimum absolute atomic E-state index is 0.0302. The fourth-order valence-electron chi connectivity index (χ4n) is 5.16. The van der Waals surface area contributed by atoms with Crippen LogP contribution in [0.1, 0.15) is 43.7 Å². The number of benzene rings is 1. The zero-order valence-electron chi connectivity index (χ0n) is 22.3. The van der Waals surface area contributed by atoms with Crippen molar-refractivity contribution in [1.82, 2.24) is 25.5 Å². The Kier molecular flexibility index (Phi) is 8.17. The maximum Gasteiger partial charge on any atom is 0.330 e. The Labute approximate surface area is 241 Å². The number of aromatic nitrogens is 4. The number of carbonyl (C=O) groups is 2. The first kappa shape index (κ1) is 27.8. The zero-order chi connectivity index (χ0) is 28.4. The van der Waals surface area contributed by atoms with Gasteiger partial charge in [0.2, 0.25) is 11.9 Å². The van der Waals surface area contributed by atoms with E-state index in [4.69, 9.17) is 37.7 Å². The van der Waals surface area contributed by atoms with E-state index >= 15 is 0 Å². The van der Waals surface area contributed by atoms with Gasteiger partial charge in [-0.1, -0.05) is 36.0 Å². The van der Waals surface area contributed by atoms with Gasteiger partial charge in [0.25, 0.3) is 0 Å². The van der Waals surface area contributed by atoms with Crippen molar-refractivity contribution >= 4 is 52.6 Å². The lowest BCUT2D eigenvalue weighted by Crippen LogP contribution is -2.49. The SMILES string of the molecule is COc1cc(OC)c(Cl)c(N2Cc3cnc(N[C@@H]4CCCC[C@@H]4NC(C)=O)nc3N(Cc3cn[nH]c3)C2=O)c1Cl. The van der Waals surface area contributed by atoms with Gasteiger partial charge in [-0.15, -0.1) is 0 Å². The molecule has 0 radical (unpaired) electrons. The highest BCUT2D eigenvalue weighted by Gasteiger charge is 2.37. The molecule has 1 fully saturated rings. The average molecular weight is 589 g/mol. The van der Waals surface area contributed by atoms with Gasteiger partial charge >= 0.3 is 6.03 Å². The van der Waals surface area contributed by atoms with E-state index in [9.17, 15) is 9.59 Å². The van der Waals surface area contributed by atoms with Crippen molar-refractivity contribution in [2.24, 2.45) is 0 Å². The van der Waals surface area contributed by atoms with E-state index < -0.39 is 6.03 Å². The van der Waals surface area contributed by atoms with Crippen molar-refractivity contribution in [3.63, 3.8) is 0 Å². The third kappa shape index (κ3) is 5.46. The summed E-state index contributed by atoms with van der Waals surface area (Å²) in [6.45, 7) is 1.82. The van der Waals surface area contributed by atoms with Crippen LogP contribution in [0, 0.1) is 0 Å². The van der Waals surface area contributed by atoms with Crippen LogP contribution in [0.3, 0.4) is 0 Å². The summed E-state index contributed by atoms with van der Waals surface area (Å²) in [7, 11) is 2.95. The standard InChI is InChI=1S/C26H30Cl2N8O4/c1-14(37)32-17-6-4-5-7-18(17)33-25-29-11-16-13-35(23-21(27)19(39-2)8-20(40-3)22(23)28)26(38)36(24(16)34-25)12-15-9-30-31-10-15/h8-11,17-18H,4-7,12-13H2,1-3H3,(H,30,31)(H,32,37)(H,29,33,34)/t17-,18+/m0/s1. The van der Waals surface area contributed by atoms with E-state index in [1.165, 1.54) is 30.9 Å². The van der Waals surface area contributed by atoms with Gasteiger partial charge in [-0.3, -0.25) is 19.7 Å². The molecule has 1 aliphatic carbocycles. The van der Waals surface area contributed by atoms with Crippen molar-refractivity contribution in [2.75, 3.05) is 29.3 Å². The van der Waals surface area contributed by atoms with Gasteiger partial charge in [0.15, 0.2) is 0 Å². The Balaban J connectivity index is 1.53. The van der Waals surface area contributed by atoms with Gasteiger partial charge in [0.1, 0.15) is 27.4 Å². The number of amides is 3. The van der Waals surface area contributed by atoms with Crippen LogP contribution in [0.4, 0.5) is 22.2 Å². The molecule has 0 bridgehead atoms. The molecule has 2 aliphatic rings. The van der Waals surface area contributed by atoms with E-state index in [-0.39, 0.29) is 46.8 Å². The number of rotatable bonds is 8. The first-order chi connectivity index (χ1) is 19.3. The van der Waals surface area contributed by atoms with Gasteiger partial charge < -0.3 is 20.1 Å². The molecule has 12 nitrogen and oxygen atoms in total. The van der Waals surface area contributed by atoms with Crippen LogP contribution in [0.25, 0.3) is 0 Å². The molecule has 1 saturated carbocycles. The molecular formula is C26H30Cl2N8O4. The lowest BCUT2D eigenvalue weighted by molar-refractivity contribution is -0.119. The first-order valence-electron chi connectivity index (χ1n) is 12.9. The summed E-state index contributed by atoms with van der Waals surface area (Å²) in [5.41, 5.74) is 1.72. The van der Waals surface area contributed by atoms with Crippen molar-refractivity contribution < 1.29 is 19.1 Å². The Morgan fingerprint density at radius 3 is 2.45 bits per heavy atom. The molecule has 3 N–H and O–H groups in total. The summed E-state index contributed by atoms with van der Waals surface area (Å²) in [5, 5.41) is 13.6. The molecule has 3 aromatic rings.